The highest BCUT2D eigenvalue weighted by molar-refractivity contribution is 6.44. The van der Waals surface area contributed by atoms with E-state index >= 15 is 0 Å². The highest BCUT2D eigenvalue weighted by atomic mass is 35.5. The molecule has 0 aliphatic rings. The van der Waals surface area contributed by atoms with Gasteiger partial charge in [0.25, 0.3) is 0 Å². The first-order valence-corrected chi connectivity index (χ1v) is 6.74. The fourth-order valence-electron chi connectivity index (χ4n) is 1.35. The van der Waals surface area contributed by atoms with Crippen LogP contribution in [0.15, 0.2) is 36.4 Å². The van der Waals surface area contributed by atoms with E-state index in [0.717, 1.165) is 0 Å². The summed E-state index contributed by atoms with van der Waals surface area (Å²) in [5.74, 6) is 0.875. The van der Waals surface area contributed by atoms with Gasteiger partial charge in [-0.05, 0) is 24.3 Å². The molecule has 0 aromatic heterocycles. The molecule has 19 heavy (non-hydrogen) atoms. The molecule has 0 aliphatic carbocycles. The van der Waals surface area contributed by atoms with E-state index in [0.29, 0.717) is 31.6 Å². The molecular formula is C12H7BCl4O2. The zero-order valence-electron chi connectivity index (χ0n) is 9.50. The molecule has 0 spiro atoms. The number of hydrogen-bond acceptors (Lipinski definition) is 2. The maximum absolute atomic E-state index is 5.97. The Labute approximate surface area is 131 Å². The summed E-state index contributed by atoms with van der Waals surface area (Å²) >= 11 is 23.7. The predicted octanol–water partition coefficient (Wildman–Crippen LogP) is 5.02. The Balaban J connectivity index is 2.00. The maximum Gasteiger partial charge on any atom is 0.576 e. The van der Waals surface area contributed by atoms with E-state index in [4.69, 9.17) is 55.7 Å². The van der Waals surface area contributed by atoms with Gasteiger partial charge in [0.05, 0.1) is 20.1 Å². The van der Waals surface area contributed by atoms with Crippen LogP contribution in [-0.2, 0) is 0 Å². The van der Waals surface area contributed by atoms with Gasteiger partial charge < -0.3 is 9.31 Å². The second-order valence-corrected chi connectivity index (χ2v) is 5.08. The van der Waals surface area contributed by atoms with Gasteiger partial charge in [0.2, 0.25) is 0 Å². The molecule has 0 saturated heterocycles. The Hall–Kier alpha value is -0.735. The highest BCUT2D eigenvalue weighted by Crippen LogP contribution is 2.33. The van der Waals surface area contributed by atoms with Crippen LogP contribution in [0.5, 0.6) is 11.5 Å². The molecule has 0 amide bonds. The van der Waals surface area contributed by atoms with E-state index in [-0.39, 0.29) is 7.69 Å². The molecule has 2 rings (SSSR count). The van der Waals surface area contributed by atoms with E-state index in [1.807, 2.05) is 0 Å². The summed E-state index contributed by atoms with van der Waals surface area (Å²) in [6.07, 6.45) is 0. The third-order valence-corrected chi connectivity index (χ3v) is 3.86. The van der Waals surface area contributed by atoms with Crippen LogP contribution in [0.25, 0.3) is 0 Å². The van der Waals surface area contributed by atoms with Crippen molar-refractivity contribution in [2.45, 2.75) is 0 Å². The molecule has 0 N–H and O–H groups in total. The minimum atomic E-state index is -0.0554. The molecule has 0 saturated carbocycles. The molecule has 98 valence electrons. The van der Waals surface area contributed by atoms with Gasteiger partial charge >= 0.3 is 7.69 Å². The van der Waals surface area contributed by atoms with E-state index < -0.39 is 0 Å². The van der Waals surface area contributed by atoms with Crippen molar-refractivity contribution in [3.05, 3.63) is 56.5 Å². The Morgan fingerprint density at radius 3 is 1.53 bits per heavy atom. The zero-order valence-corrected chi connectivity index (χ0v) is 12.5. The summed E-state index contributed by atoms with van der Waals surface area (Å²) in [6.45, 7) is 0. The molecule has 0 heterocycles. The standard InChI is InChI=1S/C12H7BCl4O2/c14-7-3-1-5-9(11(7)16)18-13-19-10-6-2-4-8(15)12(10)17/h1-6,13H. The fraction of sp³-hybridized carbons (Fsp3) is 0. The van der Waals surface area contributed by atoms with Crippen molar-refractivity contribution >= 4 is 54.1 Å². The van der Waals surface area contributed by atoms with Gasteiger partial charge in [-0.2, -0.15) is 0 Å². The Morgan fingerprint density at radius 2 is 1.11 bits per heavy atom. The van der Waals surface area contributed by atoms with Crippen molar-refractivity contribution in [2.75, 3.05) is 0 Å². The number of rotatable bonds is 4. The monoisotopic (exact) mass is 334 g/mol. The molecule has 0 bridgehead atoms. The molecule has 0 fully saturated rings. The Morgan fingerprint density at radius 1 is 0.684 bits per heavy atom. The Bertz CT molecular complexity index is 540. The lowest BCUT2D eigenvalue weighted by molar-refractivity contribution is 0.459. The third-order valence-electron chi connectivity index (χ3n) is 2.26. The predicted molar refractivity (Wildman–Crippen MR) is 81.3 cm³/mol. The van der Waals surface area contributed by atoms with E-state index in [2.05, 4.69) is 0 Å². The average Bonchev–Trinajstić information content (AvgIpc) is 2.39. The normalized spacial score (nSPS) is 10.1. The number of hydrogen-bond donors (Lipinski definition) is 0. The quantitative estimate of drug-likeness (QED) is 0.730. The molecule has 2 nitrogen and oxygen atoms in total. The van der Waals surface area contributed by atoms with Crippen molar-refractivity contribution in [2.24, 2.45) is 0 Å². The second kappa shape index (κ2) is 6.62. The van der Waals surface area contributed by atoms with Gasteiger partial charge in [-0.25, -0.2) is 0 Å². The van der Waals surface area contributed by atoms with E-state index in [1.165, 1.54) is 0 Å². The molecular weight excluding hydrogens is 329 g/mol. The lowest BCUT2D eigenvalue weighted by Crippen LogP contribution is -2.11. The van der Waals surface area contributed by atoms with Gasteiger partial charge in [0, 0.05) is 0 Å². The van der Waals surface area contributed by atoms with Gasteiger partial charge in [-0.1, -0.05) is 58.5 Å². The second-order valence-electron chi connectivity index (χ2n) is 3.51. The number of halogens is 4. The van der Waals surface area contributed by atoms with Gasteiger partial charge in [0.15, 0.2) is 0 Å². The molecule has 2 aromatic carbocycles. The topological polar surface area (TPSA) is 18.5 Å². The first-order chi connectivity index (χ1) is 9.09. The lowest BCUT2D eigenvalue weighted by Gasteiger charge is -2.10. The zero-order chi connectivity index (χ0) is 13.8. The molecule has 2 aromatic rings. The van der Waals surface area contributed by atoms with Crippen molar-refractivity contribution < 1.29 is 9.31 Å². The van der Waals surface area contributed by atoms with Crippen molar-refractivity contribution in [1.82, 2.24) is 0 Å². The summed E-state index contributed by atoms with van der Waals surface area (Å²) in [5, 5.41) is 1.51. The molecule has 0 aliphatic heterocycles. The maximum atomic E-state index is 5.97. The van der Waals surface area contributed by atoms with Crippen LogP contribution in [0.2, 0.25) is 20.1 Å². The highest BCUT2D eigenvalue weighted by Gasteiger charge is 2.09. The largest absolute Gasteiger partial charge is 0.576 e. The van der Waals surface area contributed by atoms with Crippen LogP contribution >= 0.6 is 46.4 Å². The third kappa shape index (κ3) is 3.64. The molecule has 0 unspecified atom stereocenters. The minimum absolute atomic E-state index is 0.0554. The van der Waals surface area contributed by atoms with Crippen LogP contribution < -0.4 is 9.31 Å². The van der Waals surface area contributed by atoms with Crippen molar-refractivity contribution in [3.63, 3.8) is 0 Å². The summed E-state index contributed by atoms with van der Waals surface area (Å²) in [5.41, 5.74) is 0. The van der Waals surface area contributed by atoms with Crippen LogP contribution in [-0.4, -0.2) is 7.69 Å². The Kier molecular flexibility index (Phi) is 5.11. The van der Waals surface area contributed by atoms with Crippen LogP contribution in [0.1, 0.15) is 0 Å². The smallest absolute Gasteiger partial charge is 0.527 e. The minimum Gasteiger partial charge on any atom is -0.527 e. The molecule has 0 atom stereocenters. The first-order valence-electron chi connectivity index (χ1n) is 5.23. The first kappa shape index (κ1) is 14.7. The fourth-order valence-corrected chi connectivity index (χ4v) is 2.04. The van der Waals surface area contributed by atoms with Crippen molar-refractivity contribution in [1.29, 1.82) is 0 Å². The number of benzene rings is 2. The van der Waals surface area contributed by atoms with Gasteiger partial charge in [-0.3, -0.25) is 0 Å². The van der Waals surface area contributed by atoms with Crippen LogP contribution in [0, 0.1) is 0 Å². The summed E-state index contributed by atoms with van der Waals surface area (Å²) in [4.78, 5) is 0. The SMILES string of the molecule is Clc1cccc(OBOc2cccc(Cl)c2Cl)c1Cl. The van der Waals surface area contributed by atoms with E-state index in [1.54, 1.807) is 36.4 Å². The van der Waals surface area contributed by atoms with Crippen molar-refractivity contribution in [3.8, 4) is 11.5 Å². The molecule has 7 heteroatoms. The van der Waals surface area contributed by atoms with E-state index in [9.17, 15) is 0 Å². The molecule has 0 radical (unpaired) electrons. The summed E-state index contributed by atoms with van der Waals surface area (Å²) < 4.78 is 10.8. The van der Waals surface area contributed by atoms with Crippen LogP contribution in [0.4, 0.5) is 0 Å². The summed E-state index contributed by atoms with van der Waals surface area (Å²) in [6, 6.07) is 10.2. The van der Waals surface area contributed by atoms with Gasteiger partial charge in [0.1, 0.15) is 11.5 Å². The average molecular weight is 336 g/mol. The van der Waals surface area contributed by atoms with Gasteiger partial charge in [-0.15, -0.1) is 0 Å². The summed E-state index contributed by atoms with van der Waals surface area (Å²) in [7, 11) is -0.0554. The lowest BCUT2D eigenvalue weighted by atomic mass is 10.3. The van der Waals surface area contributed by atoms with Crippen LogP contribution in [0.3, 0.4) is 0 Å².